The van der Waals surface area contributed by atoms with Crippen LogP contribution in [0.3, 0.4) is 0 Å². The van der Waals surface area contributed by atoms with Gasteiger partial charge in [-0.1, -0.05) is 24.3 Å². The van der Waals surface area contributed by atoms with Crippen molar-refractivity contribution >= 4 is 15.9 Å². The van der Waals surface area contributed by atoms with E-state index in [0.717, 1.165) is 4.31 Å². The normalized spacial score (nSPS) is 11.5. The molecule has 2 rings (SSSR count). The number of primary amides is 1. The topological polar surface area (TPSA) is 103 Å². The number of hydrogen-bond donors (Lipinski definition) is 1. The zero-order chi connectivity index (χ0) is 18.6. The molecule has 0 fully saturated rings. The Morgan fingerprint density at radius 2 is 1.84 bits per heavy atom. The zero-order valence-electron chi connectivity index (χ0n) is 14.4. The third kappa shape index (κ3) is 4.15. The molecule has 0 bridgehead atoms. The number of pyridine rings is 1. The number of amides is 1. The Labute approximate surface area is 147 Å². The molecule has 0 radical (unpaired) electrons. The van der Waals surface area contributed by atoms with Crippen molar-refractivity contribution in [2.75, 3.05) is 20.7 Å². The number of nitrogens with two attached hydrogens (primary N) is 1. The molecule has 1 aromatic carbocycles. The van der Waals surface area contributed by atoms with Crippen LogP contribution >= 0.6 is 0 Å². The first-order valence-corrected chi connectivity index (χ1v) is 9.14. The van der Waals surface area contributed by atoms with Gasteiger partial charge in [0.15, 0.2) is 0 Å². The van der Waals surface area contributed by atoms with E-state index < -0.39 is 15.9 Å². The van der Waals surface area contributed by atoms with Gasteiger partial charge >= 0.3 is 0 Å². The molecule has 0 atom stereocenters. The van der Waals surface area contributed by atoms with E-state index in [1.807, 2.05) is 6.92 Å². The molecule has 0 aliphatic heterocycles. The predicted octanol–water partition coefficient (Wildman–Crippen LogP) is 1.42. The summed E-state index contributed by atoms with van der Waals surface area (Å²) in [5.41, 5.74) is 6.59. The highest BCUT2D eigenvalue weighted by molar-refractivity contribution is 7.89. The van der Waals surface area contributed by atoms with Crippen LogP contribution in [-0.2, 0) is 16.4 Å². The van der Waals surface area contributed by atoms with Crippen molar-refractivity contribution in [3.63, 3.8) is 0 Å². The quantitative estimate of drug-likeness (QED) is 0.801. The van der Waals surface area contributed by atoms with Crippen LogP contribution < -0.4 is 10.5 Å². The van der Waals surface area contributed by atoms with Crippen LogP contribution in [-0.4, -0.2) is 44.3 Å². The van der Waals surface area contributed by atoms with Crippen molar-refractivity contribution < 1.29 is 17.9 Å². The summed E-state index contributed by atoms with van der Waals surface area (Å²) in [4.78, 5) is 16.0. The summed E-state index contributed by atoms with van der Waals surface area (Å²) in [6.07, 6.45) is 0.209. The zero-order valence-corrected chi connectivity index (χ0v) is 15.2. The van der Waals surface area contributed by atoms with Gasteiger partial charge < -0.3 is 10.5 Å². The van der Waals surface area contributed by atoms with Crippen LogP contribution in [0.2, 0.25) is 0 Å². The summed E-state index contributed by atoms with van der Waals surface area (Å²) in [6, 6.07) is 9.96. The van der Waals surface area contributed by atoms with Crippen molar-refractivity contribution in [2.24, 2.45) is 5.73 Å². The predicted molar refractivity (Wildman–Crippen MR) is 94.0 cm³/mol. The number of aromatic nitrogens is 1. The number of sulfonamides is 1. The molecule has 2 aromatic rings. The number of rotatable bonds is 7. The van der Waals surface area contributed by atoms with E-state index in [1.165, 1.54) is 20.2 Å². The molecule has 1 amide bonds. The number of carbonyl (C=O) groups excluding carboxylic acids is 1. The minimum Gasteiger partial charge on any atom is -0.478 e. The van der Waals surface area contributed by atoms with Crippen LogP contribution in [0.25, 0.3) is 0 Å². The van der Waals surface area contributed by atoms with Gasteiger partial charge in [0.1, 0.15) is 5.69 Å². The number of benzene rings is 1. The fourth-order valence-electron chi connectivity index (χ4n) is 2.36. The van der Waals surface area contributed by atoms with Gasteiger partial charge in [-0.15, -0.1) is 0 Å². The highest BCUT2D eigenvalue weighted by Crippen LogP contribution is 2.23. The first-order chi connectivity index (χ1) is 11.8. The molecule has 7 nitrogen and oxygen atoms in total. The second-order valence-corrected chi connectivity index (χ2v) is 7.65. The lowest BCUT2D eigenvalue weighted by Crippen LogP contribution is -2.23. The molecule has 2 N–H and O–H groups in total. The second kappa shape index (κ2) is 7.62. The molecule has 0 aliphatic rings. The van der Waals surface area contributed by atoms with Crippen LogP contribution in [0, 0.1) is 0 Å². The van der Waals surface area contributed by atoms with E-state index in [4.69, 9.17) is 10.5 Å². The van der Waals surface area contributed by atoms with Crippen molar-refractivity contribution in [1.82, 2.24) is 9.29 Å². The summed E-state index contributed by atoms with van der Waals surface area (Å²) in [7, 11) is -0.662. The van der Waals surface area contributed by atoms with E-state index in [9.17, 15) is 13.2 Å². The van der Waals surface area contributed by atoms with Gasteiger partial charge in [-0.25, -0.2) is 17.7 Å². The standard InChI is InChI=1S/C17H21N3O4S/c1-4-24-15-10-9-13(16(19-15)17(18)21)11-12-7-5-6-8-14(12)25(22,23)20(2)3/h5-10H,4,11H2,1-3H3,(H2,18,21). The Morgan fingerprint density at radius 3 is 2.44 bits per heavy atom. The average molecular weight is 363 g/mol. The number of ether oxygens (including phenoxy) is 1. The van der Waals surface area contributed by atoms with Gasteiger partial charge in [0.2, 0.25) is 15.9 Å². The maximum atomic E-state index is 12.5. The molecule has 1 heterocycles. The minimum absolute atomic E-state index is 0.0722. The van der Waals surface area contributed by atoms with Crippen LogP contribution in [0.5, 0.6) is 5.88 Å². The largest absolute Gasteiger partial charge is 0.478 e. The van der Waals surface area contributed by atoms with Gasteiger partial charge in [0.05, 0.1) is 11.5 Å². The molecule has 25 heavy (non-hydrogen) atoms. The fraction of sp³-hybridized carbons (Fsp3) is 0.294. The summed E-state index contributed by atoms with van der Waals surface area (Å²) in [6.45, 7) is 2.22. The van der Waals surface area contributed by atoms with Gasteiger partial charge in [0.25, 0.3) is 5.91 Å². The Hall–Kier alpha value is -2.45. The summed E-state index contributed by atoms with van der Waals surface area (Å²) in [5.74, 6) is -0.390. The second-order valence-electron chi connectivity index (χ2n) is 5.53. The summed E-state index contributed by atoms with van der Waals surface area (Å²) < 4.78 is 31.4. The lowest BCUT2D eigenvalue weighted by atomic mass is 10.0. The monoisotopic (exact) mass is 363 g/mol. The van der Waals surface area contributed by atoms with E-state index in [2.05, 4.69) is 4.98 Å². The van der Waals surface area contributed by atoms with Crippen molar-refractivity contribution in [1.29, 1.82) is 0 Å². The lowest BCUT2D eigenvalue weighted by Gasteiger charge is -2.16. The third-order valence-electron chi connectivity index (χ3n) is 3.59. The SMILES string of the molecule is CCOc1ccc(Cc2ccccc2S(=O)(=O)N(C)C)c(C(N)=O)n1. The molecule has 0 saturated carbocycles. The van der Waals surface area contributed by atoms with Crippen LogP contribution in [0.1, 0.15) is 28.5 Å². The Balaban J connectivity index is 2.49. The molecular weight excluding hydrogens is 342 g/mol. The van der Waals surface area contributed by atoms with Gasteiger partial charge in [-0.3, -0.25) is 4.79 Å². The maximum Gasteiger partial charge on any atom is 0.267 e. The highest BCUT2D eigenvalue weighted by atomic mass is 32.2. The summed E-state index contributed by atoms with van der Waals surface area (Å²) >= 11 is 0. The molecule has 134 valence electrons. The maximum absolute atomic E-state index is 12.5. The Bertz CT molecular complexity index is 879. The molecule has 0 unspecified atom stereocenters. The van der Waals surface area contributed by atoms with E-state index >= 15 is 0 Å². The summed E-state index contributed by atoms with van der Waals surface area (Å²) in [5, 5.41) is 0. The first kappa shape index (κ1) is 18.9. The highest BCUT2D eigenvalue weighted by Gasteiger charge is 2.22. The van der Waals surface area contributed by atoms with Crippen LogP contribution in [0.4, 0.5) is 0 Å². The van der Waals surface area contributed by atoms with Gasteiger partial charge in [-0.05, 0) is 24.1 Å². The van der Waals surface area contributed by atoms with Crippen LogP contribution in [0.15, 0.2) is 41.3 Å². The molecular formula is C17H21N3O4S. The van der Waals surface area contributed by atoms with E-state index in [-0.39, 0.29) is 17.0 Å². The first-order valence-electron chi connectivity index (χ1n) is 7.70. The molecule has 0 saturated heterocycles. The Kier molecular flexibility index (Phi) is 5.76. The van der Waals surface area contributed by atoms with E-state index in [1.54, 1.807) is 30.3 Å². The number of carbonyl (C=O) groups is 1. The van der Waals surface area contributed by atoms with Crippen molar-refractivity contribution in [3.8, 4) is 5.88 Å². The molecule has 0 aliphatic carbocycles. The minimum atomic E-state index is -3.61. The lowest BCUT2D eigenvalue weighted by molar-refractivity contribution is 0.0993. The van der Waals surface area contributed by atoms with Crippen molar-refractivity contribution in [2.45, 2.75) is 18.2 Å². The number of nitrogens with zero attached hydrogens (tertiary/aromatic N) is 2. The smallest absolute Gasteiger partial charge is 0.267 e. The molecule has 0 spiro atoms. The third-order valence-corrected chi connectivity index (χ3v) is 5.51. The average Bonchev–Trinajstić information content (AvgIpc) is 2.56. The van der Waals surface area contributed by atoms with Crippen molar-refractivity contribution in [3.05, 3.63) is 53.2 Å². The number of hydrogen-bond acceptors (Lipinski definition) is 5. The van der Waals surface area contributed by atoms with Gasteiger partial charge in [0, 0.05) is 26.6 Å². The van der Waals surface area contributed by atoms with Gasteiger partial charge in [-0.2, -0.15) is 0 Å². The molecule has 8 heteroatoms. The van der Waals surface area contributed by atoms with E-state index in [0.29, 0.717) is 23.6 Å². The fourth-order valence-corrected chi connectivity index (χ4v) is 3.47. The Morgan fingerprint density at radius 1 is 1.16 bits per heavy atom. The molecule has 1 aromatic heterocycles.